The number of carbonyl (C=O) groups is 1. The molecule has 0 aliphatic carbocycles. The number of nitrogens with zero attached hydrogens (tertiary/aromatic N) is 1. The first-order valence-electron chi connectivity index (χ1n) is 7.18. The van der Waals surface area contributed by atoms with Crippen LogP contribution in [0.15, 0.2) is 24.3 Å². The maximum atomic E-state index is 12.5. The van der Waals surface area contributed by atoms with Gasteiger partial charge in [-0.2, -0.15) is 13.2 Å². The van der Waals surface area contributed by atoms with Gasteiger partial charge in [-0.1, -0.05) is 26.0 Å². The van der Waals surface area contributed by atoms with E-state index in [1.54, 1.807) is 7.05 Å². The zero-order chi connectivity index (χ0) is 16.8. The Kier molecular flexibility index (Phi) is 6.87. The van der Waals surface area contributed by atoms with Crippen LogP contribution in [-0.2, 0) is 22.3 Å². The summed E-state index contributed by atoms with van der Waals surface area (Å²) in [5, 5.41) is 0. The molecule has 0 radical (unpaired) electrons. The quantitative estimate of drug-likeness (QED) is 0.717. The number of ether oxygens (including phenoxy) is 1. The highest BCUT2D eigenvalue weighted by molar-refractivity contribution is 5.75. The molecular formula is C16H22F3NO2. The SMILES string of the molecule is CC(C)COCCC(=O)N(C)Cc1ccc(C(F)(F)F)cc1. The lowest BCUT2D eigenvalue weighted by atomic mass is 10.1. The second-order valence-corrected chi connectivity index (χ2v) is 5.66. The van der Waals surface area contributed by atoms with Crippen LogP contribution in [0.5, 0.6) is 0 Å². The van der Waals surface area contributed by atoms with E-state index in [2.05, 4.69) is 0 Å². The van der Waals surface area contributed by atoms with E-state index in [1.807, 2.05) is 13.8 Å². The van der Waals surface area contributed by atoms with Crippen LogP contribution >= 0.6 is 0 Å². The van der Waals surface area contributed by atoms with Gasteiger partial charge < -0.3 is 9.64 Å². The average molecular weight is 317 g/mol. The van der Waals surface area contributed by atoms with E-state index >= 15 is 0 Å². The Bertz CT molecular complexity index is 469. The second kappa shape index (κ2) is 8.17. The summed E-state index contributed by atoms with van der Waals surface area (Å²) in [6.45, 7) is 5.29. The minimum absolute atomic E-state index is 0.0938. The number of amides is 1. The summed E-state index contributed by atoms with van der Waals surface area (Å²) in [5.41, 5.74) is -0.0285. The molecule has 0 saturated heterocycles. The zero-order valence-electron chi connectivity index (χ0n) is 13.1. The van der Waals surface area contributed by atoms with Gasteiger partial charge in [0.2, 0.25) is 5.91 Å². The molecule has 0 atom stereocenters. The molecule has 0 N–H and O–H groups in total. The van der Waals surface area contributed by atoms with E-state index in [0.29, 0.717) is 24.7 Å². The Labute approximate surface area is 129 Å². The maximum absolute atomic E-state index is 12.5. The van der Waals surface area contributed by atoms with E-state index in [0.717, 1.165) is 12.1 Å². The van der Waals surface area contributed by atoms with Gasteiger partial charge in [0.05, 0.1) is 18.6 Å². The van der Waals surface area contributed by atoms with Crippen LogP contribution in [0.2, 0.25) is 0 Å². The second-order valence-electron chi connectivity index (χ2n) is 5.66. The molecule has 1 aromatic rings. The Morgan fingerprint density at radius 2 is 1.82 bits per heavy atom. The van der Waals surface area contributed by atoms with Gasteiger partial charge in [0, 0.05) is 20.2 Å². The molecule has 0 bridgehead atoms. The first-order valence-corrected chi connectivity index (χ1v) is 7.18. The Hall–Kier alpha value is -1.56. The fourth-order valence-electron chi connectivity index (χ4n) is 1.83. The number of benzene rings is 1. The normalized spacial score (nSPS) is 11.8. The first kappa shape index (κ1) is 18.5. The summed E-state index contributed by atoms with van der Waals surface area (Å²) in [4.78, 5) is 13.4. The smallest absolute Gasteiger partial charge is 0.381 e. The summed E-state index contributed by atoms with van der Waals surface area (Å²) in [7, 11) is 1.63. The number of rotatable bonds is 7. The van der Waals surface area contributed by atoms with Gasteiger partial charge in [0.25, 0.3) is 0 Å². The molecule has 22 heavy (non-hydrogen) atoms. The summed E-state index contributed by atoms with van der Waals surface area (Å²) >= 11 is 0. The fourth-order valence-corrected chi connectivity index (χ4v) is 1.83. The van der Waals surface area contributed by atoms with Gasteiger partial charge in [-0.15, -0.1) is 0 Å². The predicted octanol–water partition coefficient (Wildman–Crippen LogP) is 3.73. The predicted molar refractivity (Wildman–Crippen MR) is 78.2 cm³/mol. The molecule has 1 aromatic carbocycles. The highest BCUT2D eigenvalue weighted by Gasteiger charge is 2.29. The minimum Gasteiger partial charge on any atom is -0.381 e. The van der Waals surface area contributed by atoms with E-state index in [1.165, 1.54) is 17.0 Å². The average Bonchev–Trinajstić information content (AvgIpc) is 2.42. The van der Waals surface area contributed by atoms with Crippen molar-refractivity contribution in [3.05, 3.63) is 35.4 Å². The van der Waals surface area contributed by atoms with Crippen molar-refractivity contribution in [2.24, 2.45) is 5.92 Å². The number of hydrogen-bond donors (Lipinski definition) is 0. The Morgan fingerprint density at radius 3 is 2.32 bits per heavy atom. The van der Waals surface area contributed by atoms with Gasteiger partial charge in [0.15, 0.2) is 0 Å². The summed E-state index contributed by atoms with van der Waals surface area (Å²) in [5.74, 6) is 0.323. The van der Waals surface area contributed by atoms with Crippen molar-refractivity contribution in [1.82, 2.24) is 4.90 Å². The molecule has 0 spiro atoms. The van der Waals surface area contributed by atoms with Crippen LogP contribution in [0.4, 0.5) is 13.2 Å². The highest BCUT2D eigenvalue weighted by atomic mass is 19.4. The first-order chi connectivity index (χ1) is 10.2. The molecule has 0 aliphatic rings. The standard InChI is InChI=1S/C16H22F3NO2/c1-12(2)11-22-9-8-15(21)20(3)10-13-4-6-14(7-5-13)16(17,18)19/h4-7,12H,8-11H2,1-3H3. The topological polar surface area (TPSA) is 29.5 Å². The lowest BCUT2D eigenvalue weighted by Gasteiger charge is -2.18. The third-order valence-corrected chi connectivity index (χ3v) is 3.04. The van der Waals surface area contributed by atoms with Crippen molar-refractivity contribution in [2.45, 2.75) is 33.0 Å². The molecule has 6 heteroatoms. The molecule has 0 saturated carbocycles. The van der Waals surface area contributed by atoms with Crippen LogP contribution in [0.3, 0.4) is 0 Å². The number of hydrogen-bond acceptors (Lipinski definition) is 2. The van der Waals surface area contributed by atoms with Crippen molar-refractivity contribution in [1.29, 1.82) is 0 Å². The van der Waals surface area contributed by atoms with Gasteiger partial charge in [0.1, 0.15) is 0 Å². The molecule has 0 unspecified atom stereocenters. The lowest BCUT2D eigenvalue weighted by Crippen LogP contribution is -2.27. The third kappa shape index (κ3) is 6.47. The number of halogens is 3. The molecular weight excluding hydrogens is 295 g/mol. The van der Waals surface area contributed by atoms with Crippen molar-refractivity contribution < 1.29 is 22.7 Å². The van der Waals surface area contributed by atoms with Crippen LogP contribution in [0.25, 0.3) is 0 Å². The van der Waals surface area contributed by atoms with Crippen molar-refractivity contribution >= 4 is 5.91 Å². The summed E-state index contributed by atoms with van der Waals surface area (Å²) in [6.07, 6.45) is -4.07. The molecule has 1 rings (SSSR count). The Morgan fingerprint density at radius 1 is 1.23 bits per heavy atom. The molecule has 1 amide bonds. The molecule has 0 fully saturated rings. The largest absolute Gasteiger partial charge is 0.416 e. The zero-order valence-corrected chi connectivity index (χ0v) is 13.1. The van der Waals surface area contributed by atoms with Crippen molar-refractivity contribution in [2.75, 3.05) is 20.3 Å². The van der Waals surface area contributed by atoms with Gasteiger partial charge in [-0.3, -0.25) is 4.79 Å². The van der Waals surface area contributed by atoms with Crippen LogP contribution in [-0.4, -0.2) is 31.1 Å². The van der Waals surface area contributed by atoms with Gasteiger partial charge in [-0.25, -0.2) is 0 Å². The van der Waals surface area contributed by atoms with E-state index in [9.17, 15) is 18.0 Å². The molecule has 3 nitrogen and oxygen atoms in total. The molecule has 0 aromatic heterocycles. The maximum Gasteiger partial charge on any atom is 0.416 e. The highest BCUT2D eigenvalue weighted by Crippen LogP contribution is 2.29. The number of carbonyl (C=O) groups excluding carboxylic acids is 1. The molecule has 0 heterocycles. The van der Waals surface area contributed by atoms with E-state index in [-0.39, 0.29) is 18.9 Å². The monoisotopic (exact) mass is 317 g/mol. The third-order valence-electron chi connectivity index (χ3n) is 3.04. The van der Waals surface area contributed by atoms with E-state index < -0.39 is 11.7 Å². The van der Waals surface area contributed by atoms with Crippen LogP contribution < -0.4 is 0 Å². The fraction of sp³-hybridized carbons (Fsp3) is 0.562. The Balaban J connectivity index is 2.43. The molecule has 124 valence electrons. The summed E-state index contributed by atoms with van der Waals surface area (Å²) in [6, 6.07) is 4.84. The van der Waals surface area contributed by atoms with Gasteiger partial charge >= 0.3 is 6.18 Å². The lowest BCUT2D eigenvalue weighted by molar-refractivity contribution is -0.137. The van der Waals surface area contributed by atoms with E-state index in [4.69, 9.17) is 4.74 Å². The van der Waals surface area contributed by atoms with Crippen LogP contribution in [0, 0.1) is 5.92 Å². The van der Waals surface area contributed by atoms with Crippen molar-refractivity contribution in [3.8, 4) is 0 Å². The minimum atomic E-state index is -4.34. The summed E-state index contributed by atoms with van der Waals surface area (Å²) < 4.78 is 42.7. The van der Waals surface area contributed by atoms with Gasteiger partial charge in [-0.05, 0) is 23.6 Å². The van der Waals surface area contributed by atoms with Crippen LogP contribution in [0.1, 0.15) is 31.4 Å². The molecule has 0 aliphatic heterocycles. The number of alkyl halides is 3. The van der Waals surface area contributed by atoms with Crippen molar-refractivity contribution in [3.63, 3.8) is 0 Å².